The average molecular weight is 294 g/mol. The van der Waals surface area contributed by atoms with Gasteiger partial charge in [0.05, 0.1) is 0 Å². The van der Waals surface area contributed by atoms with Crippen molar-refractivity contribution in [2.24, 2.45) is 0 Å². The van der Waals surface area contributed by atoms with E-state index in [0.29, 0.717) is 0 Å². The van der Waals surface area contributed by atoms with Crippen LogP contribution in [-0.2, 0) is 0 Å². The van der Waals surface area contributed by atoms with Crippen molar-refractivity contribution in [1.29, 1.82) is 0 Å². The first-order valence-electron chi connectivity index (χ1n) is 6.52. The van der Waals surface area contributed by atoms with Crippen molar-refractivity contribution >= 4 is 122 Å². The minimum absolute atomic E-state index is 0. The van der Waals surface area contributed by atoms with Crippen molar-refractivity contribution in [3.05, 3.63) is 0 Å². The van der Waals surface area contributed by atoms with Crippen molar-refractivity contribution in [3.8, 4) is 0 Å². The Morgan fingerprint density at radius 3 is 1.44 bits per heavy atom. The van der Waals surface area contributed by atoms with Crippen LogP contribution in [-0.4, -0.2) is 109 Å². The van der Waals surface area contributed by atoms with Crippen LogP contribution in [0, 0.1) is 0 Å². The van der Waals surface area contributed by atoms with Gasteiger partial charge in [-0.05, 0) is 0 Å². The molecule has 0 amide bonds. The van der Waals surface area contributed by atoms with Crippen LogP contribution in [0.15, 0.2) is 0 Å². The van der Waals surface area contributed by atoms with Crippen LogP contribution in [0.2, 0.25) is 6.32 Å². The van der Waals surface area contributed by atoms with Gasteiger partial charge < -0.3 is 0 Å². The number of hydrogen-bond donors (Lipinski definition) is 1. The molecule has 0 saturated carbocycles. The van der Waals surface area contributed by atoms with Crippen molar-refractivity contribution in [1.82, 2.24) is 0 Å². The van der Waals surface area contributed by atoms with Crippen LogP contribution < -0.4 is 0 Å². The molecule has 0 fully saturated rings. The number of thiol groups is 1. The molecule has 0 heterocycles. The van der Waals surface area contributed by atoms with Gasteiger partial charge in [0.15, 0.2) is 6.56 Å². The standard InChI is InChI=1S/C12H27BS.2K.2H/c1-2-3-4-5-6-7-8-9-10-11-12-13-14;;;;/h13-14H,2-12H2,1H3;;;;. The maximum atomic E-state index is 4.21. The Kier molecular flexibility index (Phi) is 36.7. The summed E-state index contributed by atoms with van der Waals surface area (Å²) in [6.07, 6.45) is 15.7. The third-order valence-electron chi connectivity index (χ3n) is 2.76. The van der Waals surface area contributed by atoms with Gasteiger partial charge in [0, 0.05) is 0 Å². The normalized spacial score (nSPS) is 9.12. The van der Waals surface area contributed by atoms with Gasteiger partial charge in [0.1, 0.15) is 0 Å². The second kappa shape index (κ2) is 23.8. The Labute approximate surface area is 195 Å². The fraction of sp³-hybridized carbons (Fsp3) is 1.00. The van der Waals surface area contributed by atoms with E-state index in [-0.39, 0.29) is 103 Å². The van der Waals surface area contributed by atoms with Gasteiger partial charge in [0.25, 0.3) is 0 Å². The molecule has 88 valence electrons. The van der Waals surface area contributed by atoms with Gasteiger partial charge in [-0.2, -0.15) is 0 Å². The van der Waals surface area contributed by atoms with E-state index in [1.165, 1.54) is 70.5 Å². The Balaban J connectivity index is -0.000000845. The van der Waals surface area contributed by atoms with Crippen LogP contribution in [0.3, 0.4) is 0 Å². The Morgan fingerprint density at radius 2 is 1.06 bits per heavy atom. The van der Waals surface area contributed by atoms with Crippen molar-refractivity contribution < 1.29 is 0 Å². The van der Waals surface area contributed by atoms with Gasteiger partial charge >= 0.3 is 103 Å². The summed E-state index contributed by atoms with van der Waals surface area (Å²) in [5.41, 5.74) is 0. The van der Waals surface area contributed by atoms with E-state index in [1.807, 2.05) is 0 Å². The van der Waals surface area contributed by atoms with Crippen molar-refractivity contribution in [2.45, 2.75) is 77.5 Å². The molecule has 0 atom stereocenters. The summed E-state index contributed by atoms with van der Waals surface area (Å²) in [7, 11) is 0. The molecular weight excluding hydrogens is 265 g/mol. The summed E-state index contributed by atoms with van der Waals surface area (Å²) >= 11 is 4.21. The first kappa shape index (κ1) is 24.7. The molecule has 0 aromatic carbocycles. The third-order valence-corrected chi connectivity index (χ3v) is 3.08. The van der Waals surface area contributed by atoms with Gasteiger partial charge in [-0.15, -0.1) is 0 Å². The van der Waals surface area contributed by atoms with Crippen LogP contribution in [0.1, 0.15) is 71.1 Å². The number of hydrogen-bond acceptors (Lipinski definition) is 1. The first-order chi connectivity index (χ1) is 6.91. The Bertz CT molecular complexity index is 93.0. The van der Waals surface area contributed by atoms with Crippen molar-refractivity contribution in [2.75, 3.05) is 0 Å². The molecular formula is C12H29BK2S. The summed E-state index contributed by atoms with van der Waals surface area (Å²) in [6.45, 7) is 3.35. The van der Waals surface area contributed by atoms with E-state index in [2.05, 4.69) is 19.4 Å². The molecule has 4 heteroatoms. The Morgan fingerprint density at radius 1 is 0.688 bits per heavy atom. The molecule has 16 heavy (non-hydrogen) atoms. The summed E-state index contributed by atoms with van der Waals surface area (Å²) in [4.78, 5) is 0. The zero-order valence-corrected chi connectivity index (χ0v) is 10.8. The molecule has 0 aliphatic carbocycles. The molecule has 0 unspecified atom stereocenters. The molecule has 0 spiro atoms. The minimum atomic E-state index is 0. The summed E-state index contributed by atoms with van der Waals surface area (Å²) in [5, 5.41) is 0. The zero-order chi connectivity index (χ0) is 10.5. The fourth-order valence-electron chi connectivity index (χ4n) is 1.78. The topological polar surface area (TPSA) is 0 Å². The van der Waals surface area contributed by atoms with Gasteiger partial charge in [-0.25, -0.2) is 12.5 Å². The Hall–Kier alpha value is 3.69. The molecule has 0 aliphatic rings. The monoisotopic (exact) mass is 294 g/mol. The van der Waals surface area contributed by atoms with Crippen LogP contribution in [0.5, 0.6) is 0 Å². The molecule has 0 N–H and O–H groups in total. The molecule has 0 radical (unpaired) electrons. The van der Waals surface area contributed by atoms with Gasteiger partial charge in [0.2, 0.25) is 0 Å². The average Bonchev–Trinajstić information content (AvgIpc) is 2.21. The van der Waals surface area contributed by atoms with E-state index in [0.717, 1.165) is 6.56 Å². The van der Waals surface area contributed by atoms with E-state index in [1.54, 1.807) is 0 Å². The summed E-state index contributed by atoms with van der Waals surface area (Å²) in [6, 6.07) is 0. The van der Waals surface area contributed by atoms with Crippen molar-refractivity contribution in [3.63, 3.8) is 0 Å². The predicted octanol–water partition coefficient (Wildman–Crippen LogP) is 3.31. The second-order valence-corrected chi connectivity index (χ2v) is 4.71. The first-order valence-corrected chi connectivity index (χ1v) is 7.16. The number of rotatable bonds is 11. The van der Waals surface area contributed by atoms with Crippen LogP contribution in [0.4, 0.5) is 0 Å². The maximum absolute atomic E-state index is 4.21. The van der Waals surface area contributed by atoms with E-state index >= 15 is 0 Å². The molecule has 0 aromatic rings. The van der Waals surface area contributed by atoms with E-state index in [4.69, 9.17) is 0 Å². The predicted molar refractivity (Wildman–Crippen MR) is 87.1 cm³/mol. The summed E-state index contributed by atoms with van der Waals surface area (Å²) < 4.78 is 0. The third kappa shape index (κ3) is 22.8. The second-order valence-electron chi connectivity index (χ2n) is 4.26. The van der Waals surface area contributed by atoms with Gasteiger partial charge in [-0.3, -0.25) is 0 Å². The molecule has 0 nitrogen and oxygen atoms in total. The van der Waals surface area contributed by atoms with Crippen LogP contribution >= 0.6 is 12.5 Å². The molecule has 0 saturated heterocycles. The molecule has 0 bridgehead atoms. The van der Waals surface area contributed by atoms with E-state index in [9.17, 15) is 0 Å². The molecule has 0 aliphatic heterocycles. The van der Waals surface area contributed by atoms with E-state index < -0.39 is 0 Å². The zero-order valence-electron chi connectivity index (χ0n) is 9.93. The van der Waals surface area contributed by atoms with Crippen LogP contribution in [0.25, 0.3) is 0 Å². The quantitative estimate of drug-likeness (QED) is 0.337. The number of unbranched alkanes of at least 4 members (excludes halogenated alkanes) is 9. The molecule has 0 aromatic heterocycles. The fourth-order valence-corrected chi connectivity index (χ4v) is 2.00. The SMILES string of the molecule is CCCCCCCCCCCCBS.[KH].[KH]. The van der Waals surface area contributed by atoms with Gasteiger partial charge in [-0.1, -0.05) is 77.5 Å². The molecule has 0 rings (SSSR count). The summed E-state index contributed by atoms with van der Waals surface area (Å²) in [5.74, 6) is 0.